The van der Waals surface area contributed by atoms with Crippen LogP contribution in [0.25, 0.3) is 0 Å². The molecule has 3 nitrogen and oxygen atoms in total. The van der Waals surface area contributed by atoms with Gasteiger partial charge in [0.1, 0.15) is 0 Å². The molecule has 0 spiro atoms. The molecule has 0 radical (unpaired) electrons. The number of hydrogen-bond acceptors (Lipinski definition) is 2. The van der Waals surface area contributed by atoms with E-state index in [1.807, 2.05) is 0 Å². The molecule has 8 heteroatoms. The van der Waals surface area contributed by atoms with Crippen molar-refractivity contribution in [3.63, 3.8) is 0 Å². The lowest BCUT2D eigenvalue weighted by molar-refractivity contribution is -0.236. The van der Waals surface area contributed by atoms with Crippen molar-refractivity contribution < 1.29 is 22.7 Å². The fourth-order valence-corrected chi connectivity index (χ4v) is 1.13. The van der Waals surface area contributed by atoms with Crippen molar-refractivity contribution in [3.05, 3.63) is 0 Å². The highest BCUT2D eigenvalue weighted by Gasteiger charge is 2.43. The molecule has 1 amide bonds. The average Bonchev–Trinajstić information content (AvgIpc) is 2.03. The molecule has 0 unspecified atom stereocenters. The normalized spacial score (nSPS) is 21.3. The minimum atomic E-state index is -4.38. The predicted molar refractivity (Wildman–Crippen MR) is 52.5 cm³/mol. The Morgan fingerprint density at radius 3 is 2.33 bits per heavy atom. The largest absolute Gasteiger partial charge is 0.416 e. The van der Waals surface area contributed by atoms with Crippen molar-refractivity contribution in [2.75, 3.05) is 19.7 Å². The smallest absolute Gasteiger partial charge is 0.365 e. The molecule has 0 aromatic heterocycles. The van der Waals surface area contributed by atoms with Gasteiger partial charge in [-0.3, -0.25) is 4.79 Å². The van der Waals surface area contributed by atoms with Crippen LogP contribution in [0.4, 0.5) is 13.2 Å². The van der Waals surface area contributed by atoms with Crippen LogP contribution in [0.1, 0.15) is 6.92 Å². The van der Waals surface area contributed by atoms with E-state index >= 15 is 0 Å². The number of rotatable bonds is 0. The van der Waals surface area contributed by atoms with Crippen molar-refractivity contribution >= 4 is 30.7 Å². The first-order chi connectivity index (χ1) is 5.91. The van der Waals surface area contributed by atoms with Crippen molar-refractivity contribution in [1.82, 2.24) is 4.90 Å². The molecule has 1 saturated heterocycles. The molecular formula is C7H12Cl2F3NO2. The standard InChI is InChI=1S/C7H10F3NO2.2ClH/c1-5(12)11-2-3-13-6(4-11)7(8,9)10;;/h6H,2-4H2,1H3;2*1H/t6-;;/m1../s1. The molecule has 1 fully saturated rings. The number of alkyl halides is 3. The van der Waals surface area contributed by atoms with Gasteiger partial charge in [0.05, 0.1) is 13.2 Å². The number of nitrogens with zero attached hydrogens (tertiary/aromatic N) is 1. The van der Waals surface area contributed by atoms with Gasteiger partial charge in [0.15, 0.2) is 6.10 Å². The highest BCUT2D eigenvalue weighted by molar-refractivity contribution is 5.85. The van der Waals surface area contributed by atoms with Crippen LogP contribution in [0, 0.1) is 0 Å². The van der Waals surface area contributed by atoms with E-state index in [1.54, 1.807) is 0 Å². The third kappa shape index (κ3) is 4.90. The van der Waals surface area contributed by atoms with Gasteiger partial charge in [-0.2, -0.15) is 13.2 Å². The fraction of sp³-hybridized carbons (Fsp3) is 0.857. The van der Waals surface area contributed by atoms with E-state index in [0.717, 1.165) is 4.90 Å². The average molecular weight is 270 g/mol. The monoisotopic (exact) mass is 269 g/mol. The molecular weight excluding hydrogens is 258 g/mol. The number of ether oxygens (including phenoxy) is 1. The molecule has 0 aromatic rings. The van der Waals surface area contributed by atoms with Crippen molar-refractivity contribution in [1.29, 1.82) is 0 Å². The summed E-state index contributed by atoms with van der Waals surface area (Å²) in [6, 6.07) is 0. The summed E-state index contributed by atoms with van der Waals surface area (Å²) in [5.41, 5.74) is 0. The topological polar surface area (TPSA) is 29.5 Å². The van der Waals surface area contributed by atoms with Gasteiger partial charge in [0.25, 0.3) is 0 Å². The Kier molecular flexibility index (Phi) is 7.34. The van der Waals surface area contributed by atoms with Crippen LogP contribution in [0.3, 0.4) is 0 Å². The zero-order chi connectivity index (χ0) is 10.1. The predicted octanol–water partition coefficient (Wildman–Crippen LogP) is 1.64. The van der Waals surface area contributed by atoms with Gasteiger partial charge in [0.2, 0.25) is 5.91 Å². The SMILES string of the molecule is CC(=O)N1CCO[C@@H](C(F)(F)F)C1.Cl.Cl. The third-order valence-electron chi connectivity index (χ3n) is 1.88. The van der Waals surface area contributed by atoms with E-state index in [-0.39, 0.29) is 43.9 Å². The first kappa shape index (κ1) is 17.2. The first-order valence-corrected chi connectivity index (χ1v) is 3.85. The molecule has 1 rings (SSSR count). The van der Waals surface area contributed by atoms with Gasteiger partial charge < -0.3 is 9.64 Å². The molecule has 0 aliphatic carbocycles. The Labute approximate surface area is 97.8 Å². The molecule has 0 saturated carbocycles. The molecule has 15 heavy (non-hydrogen) atoms. The van der Waals surface area contributed by atoms with Crippen LogP contribution in [0.5, 0.6) is 0 Å². The Balaban J connectivity index is 0. The molecule has 1 atom stereocenters. The Morgan fingerprint density at radius 2 is 1.93 bits per heavy atom. The number of carbonyl (C=O) groups excluding carboxylic acids is 1. The summed E-state index contributed by atoms with van der Waals surface area (Å²) in [4.78, 5) is 11.9. The van der Waals surface area contributed by atoms with Crippen LogP contribution < -0.4 is 0 Å². The molecule has 1 aliphatic rings. The van der Waals surface area contributed by atoms with E-state index in [9.17, 15) is 18.0 Å². The van der Waals surface area contributed by atoms with Crippen molar-refractivity contribution in [3.8, 4) is 0 Å². The van der Waals surface area contributed by atoms with Crippen LogP contribution in [0.15, 0.2) is 0 Å². The molecule has 1 aliphatic heterocycles. The Bertz CT molecular complexity index is 213. The quantitative estimate of drug-likeness (QED) is 0.669. The second-order valence-corrected chi connectivity index (χ2v) is 2.87. The second kappa shape index (κ2) is 6.40. The van der Waals surface area contributed by atoms with Gasteiger partial charge in [-0.05, 0) is 0 Å². The third-order valence-corrected chi connectivity index (χ3v) is 1.88. The zero-order valence-corrected chi connectivity index (χ0v) is 9.55. The fourth-order valence-electron chi connectivity index (χ4n) is 1.13. The number of halogens is 5. The van der Waals surface area contributed by atoms with Gasteiger partial charge in [-0.25, -0.2) is 0 Å². The lowest BCUT2D eigenvalue weighted by atomic mass is 10.2. The maximum Gasteiger partial charge on any atom is 0.416 e. The maximum absolute atomic E-state index is 12.1. The van der Waals surface area contributed by atoms with Crippen LogP contribution in [-0.4, -0.2) is 42.8 Å². The highest BCUT2D eigenvalue weighted by atomic mass is 35.5. The van der Waals surface area contributed by atoms with Gasteiger partial charge >= 0.3 is 6.18 Å². The first-order valence-electron chi connectivity index (χ1n) is 3.85. The molecule has 0 N–H and O–H groups in total. The number of hydrogen-bond donors (Lipinski definition) is 0. The minimum absolute atomic E-state index is 0. The summed E-state index contributed by atoms with van der Waals surface area (Å²) in [5.74, 6) is -0.349. The minimum Gasteiger partial charge on any atom is -0.365 e. The van der Waals surface area contributed by atoms with Gasteiger partial charge in [-0.15, -0.1) is 24.8 Å². The molecule has 92 valence electrons. The lowest BCUT2D eigenvalue weighted by Crippen LogP contribution is -2.50. The van der Waals surface area contributed by atoms with E-state index in [2.05, 4.69) is 4.74 Å². The van der Waals surface area contributed by atoms with E-state index < -0.39 is 18.8 Å². The van der Waals surface area contributed by atoms with Gasteiger partial charge in [-0.1, -0.05) is 0 Å². The van der Waals surface area contributed by atoms with Crippen LogP contribution >= 0.6 is 24.8 Å². The number of carbonyl (C=O) groups is 1. The molecule has 0 aromatic carbocycles. The summed E-state index contributed by atoms with van der Waals surface area (Å²) < 4.78 is 40.8. The zero-order valence-electron chi connectivity index (χ0n) is 7.91. The summed E-state index contributed by atoms with van der Waals surface area (Å²) in [5, 5.41) is 0. The second-order valence-electron chi connectivity index (χ2n) is 2.87. The van der Waals surface area contributed by atoms with E-state index in [1.165, 1.54) is 6.92 Å². The van der Waals surface area contributed by atoms with E-state index in [0.29, 0.717) is 0 Å². The molecule has 1 heterocycles. The summed E-state index contributed by atoms with van der Waals surface area (Å²) in [7, 11) is 0. The van der Waals surface area contributed by atoms with Crippen LogP contribution in [-0.2, 0) is 9.53 Å². The maximum atomic E-state index is 12.1. The summed E-state index contributed by atoms with van der Waals surface area (Å²) in [6.45, 7) is 1.04. The Hall–Kier alpha value is -0.200. The van der Waals surface area contributed by atoms with Crippen molar-refractivity contribution in [2.24, 2.45) is 0 Å². The summed E-state index contributed by atoms with van der Waals surface area (Å²) >= 11 is 0. The van der Waals surface area contributed by atoms with Gasteiger partial charge in [0, 0.05) is 13.5 Å². The van der Waals surface area contributed by atoms with Crippen molar-refractivity contribution in [2.45, 2.75) is 19.2 Å². The molecule has 0 bridgehead atoms. The number of morpholine rings is 1. The van der Waals surface area contributed by atoms with E-state index in [4.69, 9.17) is 0 Å². The van der Waals surface area contributed by atoms with Crippen LogP contribution in [0.2, 0.25) is 0 Å². The summed E-state index contributed by atoms with van der Waals surface area (Å²) in [6.07, 6.45) is -6.21. The number of amides is 1. The lowest BCUT2D eigenvalue weighted by Gasteiger charge is -2.33. The Morgan fingerprint density at radius 1 is 1.40 bits per heavy atom. The highest BCUT2D eigenvalue weighted by Crippen LogP contribution is 2.25.